The van der Waals surface area contributed by atoms with Crippen molar-refractivity contribution in [2.45, 2.75) is 17.6 Å². The summed E-state index contributed by atoms with van der Waals surface area (Å²) >= 11 is 12.4. The van der Waals surface area contributed by atoms with Gasteiger partial charge in [-0.3, -0.25) is 9.59 Å². The lowest BCUT2D eigenvalue weighted by molar-refractivity contribution is -0.116. The van der Waals surface area contributed by atoms with Crippen molar-refractivity contribution >= 4 is 52.5 Å². The van der Waals surface area contributed by atoms with E-state index < -0.39 is 11.7 Å². The number of halogens is 4. The first-order valence-electron chi connectivity index (χ1n) is 7.89. The van der Waals surface area contributed by atoms with Gasteiger partial charge in [0.05, 0.1) is 15.7 Å². The maximum atomic E-state index is 12.6. The first kappa shape index (κ1) is 21.5. The number of para-hydroxylation sites is 1. The summed E-state index contributed by atoms with van der Waals surface area (Å²) in [5.74, 6) is -3.37. The predicted molar refractivity (Wildman–Crippen MR) is 105 cm³/mol. The number of nitrogens with one attached hydrogen (secondary N) is 1. The Morgan fingerprint density at radius 2 is 1.70 bits per heavy atom. The summed E-state index contributed by atoms with van der Waals surface area (Å²) in [5.41, 5.74) is 0.585. The third kappa shape index (κ3) is 6.09. The summed E-state index contributed by atoms with van der Waals surface area (Å²) in [7, 11) is 0. The Hall–Kier alpha value is -1.83. The van der Waals surface area contributed by atoms with Crippen LogP contribution in [0.3, 0.4) is 0 Å². The van der Waals surface area contributed by atoms with Crippen LogP contribution >= 0.6 is 35.0 Å². The molecule has 1 N–H and O–H groups in total. The molecule has 0 aliphatic heterocycles. The van der Waals surface area contributed by atoms with Crippen molar-refractivity contribution in [2.24, 2.45) is 0 Å². The van der Waals surface area contributed by atoms with Crippen LogP contribution in [0.4, 0.5) is 14.5 Å². The second kappa shape index (κ2) is 9.92. The minimum atomic E-state index is -2.53. The average molecular weight is 433 g/mol. The van der Waals surface area contributed by atoms with Gasteiger partial charge in [0.2, 0.25) is 5.91 Å². The van der Waals surface area contributed by atoms with Crippen molar-refractivity contribution in [3.63, 3.8) is 0 Å². The van der Waals surface area contributed by atoms with Crippen molar-refractivity contribution in [2.75, 3.05) is 18.4 Å². The number of anilines is 1. The van der Waals surface area contributed by atoms with Crippen molar-refractivity contribution in [1.82, 2.24) is 4.90 Å². The molecule has 2 amide bonds. The van der Waals surface area contributed by atoms with Crippen LogP contribution in [0.25, 0.3) is 0 Å². The summed E-state index contributed by atoms with van der Waals surface area (Å²) < 4.78 is 24.7. The first-order chi connectivity index (χ1) is 12.8. The Morgan fingerprint density at radius 1 is 1.11 bits per heavy atom. The molecule has 0 aromatic heterocycles. The molecule has 0 spiro atoms. The lowest BCUT2D eigenvalue weighted by Gasteiger charge is -2.21. The highest BCUT2D eigenvalue weighted by molar-refractivity contribution is 7.99. The molecule has 2 aromatic rings. The van der Waals surface area contributed by atoms with Crippen LogP contribution in [0.1, 0.15) is 17.3 Å². The van der Waals surface area contributed by atoms with Gasteiger partial charge in [0.25, 0.3) is 11.7 Å². The molecule has 0 saturated heterocycles. The highest BCUT2D eigenvalue weighted by Crippen LogP contribution is 2.29. The second-order valence-corrected chi connectivity index (χ2v) is 7.24. The zero-order valence-electron chi connectivity index (χ0n) is 14.2. The lowest BCUT2D eigenvalue weighted by atomic mass is 10.2. The molecule has 0 unspecified atom stereocenters. The van der Waals surface area contributed by atoms with Gasteiger partial charge in [-0.15, -0.1) is 0 Å². The van der Waals surface area contributed by atoms with Crippen LogP contribution in [0.2, 0.25) is 10.0 Å². The summed E-state index contributed by atoms with van der Waals surface area (Å²) in [6, 6.07) is 10.6. The number of alkyl halides is 2. The van der Waals surface area contributed by atoms with Crippen LogP contribution in [0, 0.1) is 0 Å². The van der Waals surface area contributed by atoms with Gasteiger partial charge in [0.15, 0.2) is 0 Å². The SMILES string of the molecule is CCN(CC(=O)Nc1c(Cl)cccc1Cl)C(=O)c1ccc(SC(F)F)cc1. The summed E-state index contributed by atoms with van der Waals surface area (Å²) in [4.78, 5) is 26.5. The van der Waals surface area contributed by atoms with Crippen LogP contribution < -0.4 is 5.32 Å². The van der Waals surface area contributed by atoms with Gasteiger partial charge in [-0.25, -0.2) is 0 Å². The highest BCUT2D eigenvalue weighted by atomic mass is 35.5. The van der Waals surface area contributed by atoms with E-state index in [4.69, 9.17) is 23.2 Å². The third-order valence-electron chi connectivity index (χ3n) is 3.56. The van der Waals surface area contributed by atoms with E-state index in [0.717, 1.165) is 0 Å². The molecule has 27 heavy (non-hydrogen) atoms. The van der Waals surface area contributed by atoms with E-state index in [-0.39, 0.29) is 34.7 Å². The second-order valence-electron chi connectivity index (χ2n) is 5.37. The molecule has 9 heteroatoms. The van der Waals surface area contributed by atoms with E-state index in [1.165, 1.54) is 29.2 Å². The monoisotopic (exact) mass is 432 g/mol. The standard InChI is InChI=1S/C18H16Cl2F2N2O2S/c1-2-24(10-15(25)23-16-13(19)4-3-5-14(16)20)17(26)11-6-8-12(9-7-11)27-18(21)22/h3-9,18H,2,10H2,1H3,(H,23,25). The molecule has 2 aromatic carbocycles. The molecule has 2 rings (SSSR count). The molecule has 0 aliphatic rings. The number of carbonyl (C=O) groups is 2. The number of benzene rings is 2. The van der Waals surface area contributed by atoms with E-state index in [1.807, 2.05) is 0 Å². The molecule has 144 valence electrons. The zero-order valence-corrected chi connectivity index (χ0v) is 16.5. The smallest absolute Gasteiger partial charge is 0.288 e. The Kier molecular flexibility index (Phi) is 7.89. The van der Waals surface area contributed by atoms with Crippen LogP contribution in [-0.2, 0) is 4.79 Å². The normalized spacial score (nSPS) is 10.7. The number of carbonyl (C=O) groups excluding carboxylic acids is 2. The topological polar surface area (TPSA) is 49.4 Å². The molecule has 0 heterocycles. The molecular formula is C18H16Cl2F2N2O2S. The fourth-order valence-electron chi connectivity index (χ4n) is 2.26. The maximum Gasteiger partial charge on any atom is 0.288 e. The van der Waals surface area contributed by atoms with Gasteiger partial charge in [-0.1, -0.05) is 41.0 Å². The Labute approximate surface area is 169 Å². The largest absolute Gasteiger partial charge is 0.330 e. The number of likely N-dealkylation sites (N-methyl/N-ethyl adjacent to an activating group) is 1. The maximum absolute atomic E-state index is 12.6. The van der Waals surface area contributed by atoms with Crippen molar-refractivity contribution in [1.29, 1.82) is 0 Å². The summed E-state index contributed by atoms with van der Waals surface area (Å²) in [6.07, 6.45) is 0. The molecule has 4 nitrogen and oxygen atoms in total. The van der Waals surface area contributed by atoms with Crippen molar-refractivity contribution < 1.29 is 18.4 Å². The summed E-state index contributed by atoms with van der Waals surface area (Å²) in [6.45, 7) is 1.81. The molecule has 0 bridgehead atoms. The summed E-state index contributed by atoms with van der Waals surface area (Å²) in [5, 5.41) is 3.18. The van der Waals surface area contributed by atoms with Crippen LogP contribution in [0.5, 0.6) is 0 Å². The number of rotatable bonds is 7. The lowest BCUT2D eigenvalue weighted by Crippen LogP contribution is -2.37. The first-order valence-corrected chi connectivity index (χ1v) is 9.53. The van der Waals surface area contributed by atoms with E-state index in [1.54, 1.807) is 25.1 Å². The fourth-order valence-corrected chi connectivity index (χ4v) is 3.25. The minimum Gasteiger partial charge on any atom is -0.330 e. The highest BCUT2D eigenvalue weighted by Gasteiger charge is 2.19. The van der Waals surface area contributed by atoms with Gasteiger partial charge in [0, 0.05) is 17.0 Å². The Balaban J connectivity index is 2.05. The van der Waals surface area contributed by atoms with Gasteiger partial charge >= 0.3 is 0 Å². The van der Waals surface area contributed by atoms with E-state index >= 15 is 0 Å². The number of hydrogen-bond acceptors (Lipinski definition) is 3. The van der Waals surface area contributed by atoms with Gasteiger partial charge in [-0.2, -0.15) is 8.78 Å². The molecule has 0 radical (unpaired) electrons. The predicted octanol–water partition coefficient (Wildman–Crippen LogP) is 5.41. The minimum absolute atomic E-state index is 0.204. The molecule has 0 aliphatic carbocycles. The number of nitrogens with zero attached hydrogens (tertiary/aromatic N) is 1. The van der Waals surface area contributed by atoms with Crippen LogP contribution in [-0.4, -0.2) is 35.6 Å². The van der Waals surface area contributed by atoms with Crippen molar-refractivity contribution in [3.05, 3.63) is 58.1 Å². The third-order valence-corrected chi connectivity index (χ3v) is 4.91. The Morgan fingerprint density at radius 3 is 2.22 bits per heavy atom. The quantitative estimate of drug-likeness (QED) is 0.595. The fraction of sp³-hybridized carbons (Fsp3) is 0.222. The van der Waals surface area contributed by atoms with Gasteiger partial charge in [-0.05, 0) is 43.3 Å². The number of thioether (sulfide) groups is 1. The average Bonchev–Trinajstić information content (AvgIpc) is 2.62. The van der Waals surface area contributed by atoms with E-state index in [0.29, 0.717) is 22.2 Å². The molecule has 0 atom stereocenters. The molecule has 0 fully saturated rings. The van der Waals surface area contributed by atoms with Gasteiger partial charge in [0.1, 0.15) is 6.54 Å². The zero-order chi connectivity index (χ0) is 20.0. The van der Waals surface area contributed by atoms with Crippen LogP contribution in [0.15, 0.2) is 47.4 Å². The molecular weight excluding hydrogens is 417 g/mol. The molecule has 0 saturated carbocycles. The number of amides is 2. The van der Waals surface area contributed by atoms with E-state index in [9.17, 15) is 18.4 Å². The Bertz CT molecular complexity index is 799. The van der Waals surface area contributed by atoms with Gasteiger partial charge < -0.3 is 10.2 Å². The van der Waals surface area contributed by atoms with E-state index in [2.05, 4.69) is 5.32 Å². The van der Waals surface area contributed by atoms with Crippen molar-refractivity contribution in [3.8, 4) is 0 Å². The number of hydrogen-bond donors (Lipinski definition) is 1.